The molecule has 0 unspecified atom stereocenters. The maximum absolute atomic E-state index is 12.7. The first-order valence-corrected chi connectivity index (χ1v) is 11.6. The summed E-state index contributed by atoms with van der Waals surface area (Å²) in [6.45, 7) is 4.91. The number of aromatic amines is 1. The summed E-state index contributed by atoms with van der Waals surface area (Å²) in [5, 5.41) is 2.95. The molecule has 2 aromatic rings. The van der Waals surface area contributed by atoms with E-state index < -0.39 is 0 Å². The standard InChI is InChI=1S/C25H28N4O3/c30-24-22(21-9-16(4-5-23(21)27-24)13-29-6-7-32-25(29)31)10-20-8-17(11-26-20)12-28-14-18-2-1-3-19(18)15-28/h4-5,8-11,18-19,26H,1-3,6-7,12-15H2,(H,27,30)/t18-,19+. The summed E-state index contributed by atoms with van der Waals surface area (Å²) in [7, 11) is 0. The van der Waals surface area contributed by atoms with Gasteiger partial charge in [-0.25, -0.2) is 4.79 Å². The number of nitrogens with zero attached hydrogens (tertiary/aromatic N) is 2. The molecule has 7 nitrogen and oxygen atoms in total. The van der Waals surface area contributed by atoms with E-state index in [0.717, 1.165) is 40.9 Å². The van der Waals surface area contributed by atoms with Gasteiger partial charge in [-0.3, -0.25) is 9.69 Å². The fourth-order valence-electron chi connectivity index (χ4n) is 5.78. The van der Waals surface area contributed by atoms with E-state index in [0.29, 0.717) is 25.3 Å². The van der Waals surface area contributed by atoms with Crippen LogP contribution in [0.3, 0.4) is 0 Å². The molecule has 1 aromatic carbocycles. The third-order valence-electron chi connectivity index (χ3n) is 7.36. The number of cyclic esters (lactones) is 1. The number of amides is 2. The van der Waals surface area contributed by atoms with E-state index in [4.69, 9.17) is 4.74 Å². The van der Waals surface area contributed by atoms with Crippen molar-refractivity contribution in [2.45, 2.75) is 32.4 Å². The van der Waals surface area contributed by atoms with Crippen LogP contribution in [0.1, 0.15) is 41.6 Å². The van der Waals surface area contributed by atoms with Crippen molar-refractivity contribution in [3.63, 3.8) is 0 Å². The summed E-state index contributed by atoms with van der Waals surface area (Å²) in [5.74, 6) is 1.69. The van der Waals surface area contributed by atoms with Gasteiger partial charge in [-0.1, -0.05) is 12.5 Å². The first kappa shape index (κ1) is 19.6. The molecule has 6 rings (SSSR count). The molecule has 2 N–H and O–H groups in total. The molecule has 7 heteroatoms. The van der Waals surface area contributed by atoms with Crippen LogP contribution in [-0.4, -0.2) is 53.0 Å². The lowest BCUT2D eigenvalue weighted by molar-refractivity contribution is -0.110. The Morgan fingerprint density at radius 1 is 1.06 bits per heavy atom. The van der Waals surface area contributed by atoms with Crippen molar-refractivity contribution in [3.05, 3.63) is 52.8 Å². The lowest BCUT2D eigenvalue weighted by Gasteiger charge is -2.15. The number of nitrogens with one attached hydrogen (secondary N) is 2. The van der Waals surface area contributed by atoms with Crippen molar-refractivity contribution in [3.8, 4) is 0 Å². The average Bonchev–Trinajstić information content (AvgIpc) is 3.57. The Labute approximate surface area is 187 Å². The van der Waals surface area contributed by atoms with Crippen LogP contribution in [0.5, 0.6) is 0 Å². The summed E-state index contributed by atoms with van der Waals surface area (Å²) in [5.41, 5.74) is 5.52. The molecular weight excluding hydrogens is 404 g/mol. The fourth-order valence-corrected chi connectivity index (χ4v) is 5.78. The number of fused-ring (bicyclic) bond motifs is 2. The fraction of sp³-hybridized carbons (Fsp3) is 0.440. The predicted molar refractivity (Wildman–Crippen MR) is 122 cm³/mol. The molecule has 166 valence electrons. The van der Waals surface area contributed by atoms with Gasteiger partial charge in [0, 0.05) is 49.3 Å². The number of aromatic nitrogens is 1. The van der Waals surface area contributed by atoms with E-state index in [-0.39, 0.29) is 12.0 Å². The third-order valence-corrected chi connectivity index (χ3v) is 7.36. The highest BCUT2D eigenvalue weighted by atomic mass is 16.6. The first-order chi connectivity index (χ1) is 15.6. The molecule has 0 bridgehead atoms. The largest absolute Gasteiger partial charge is 0.448 e. The quantitative estimate of drug-likeness (QED) is 0.707. The molecule has 1 aromatic heterocycles. The van der Waals surface area contributed by atoms with Gasteiger partial charge in [-0.05, 0) is 60.1 Å². The average molecular weight is 433 g/mol. The minimum Gasteiger partial charge on any atom is -0.448 e. The van der Waals surface area contributed by atoms with Gasteiger partial charge in [0.05, 0.1) is 12.1 Å². The number of carbonyl (C=O) groups excluding carboxylic acids is 2. The zero-order chi connectivity index (χ0) is 21.7. The van der Waals surface area contributed by atoms with E-state index in [1.807, 2.05) is 24.3 Å². The maximum atomic E-state index is 12.7. The smallest absolute Gasteiger partial charge is 0.410 e. The molecule has 32 heavy (non-hydrogen) atoms. The minimum absolute atomic E-state index is 0.0961. The van der Waals surface area contributed by atoms with Crippen LogP contribution in [0.2, 0.25) is 0 Å². The second-order valence-corrected chi connectivity index (χ2v) is 9.54. The van der Waals surface area contributed by atoms with Crippen LogP contribution in [0, 0.1) is 11.8 Å². The van der Waals surface area contributed by atoms with Crippen molar-refractivity contribution in [1.82, 2.24) is 14.8 Å². The third kappa shape index (κ3) is 3.60. The normalized spacial score (nSPS) is 26.0. The van der Waals surface area contributed by atoms with E-state index in [2.05, 4.69) is 27.5 Å². The number of hydrogen-bond donors (Lipinski definition) is 2. The highest BCUT2D eigenvalue weighted by Gasteiger charge is 2.35. The van der Waals surface area contributed by atoms with Crippen molar-refractivity contribution in [2.24, 2.45) is 11.8 Å². The van der Waals surface area contributed by atoms with Crippen LogP contribution >= 0.6 is 0 Å². The van der Waals surface area contributed by atoms with E-state index in [1.54, 1.807) is 4.90 Å². The molecule has 2 saturated heterocycles. The Hall–Kier alpha value is -3.06. The second kappa shape index (κ2) is 7.81. The van der Waals surface area contributed by atoms with Gasteiger partial charge in [0.15, 0.2) is 0 Å². The van der Waals surface area contributed by atoms with Crippen molar-refractivity contribution < 1.29 is 14.3 Å². The SMILES string of the molecule is O=C1Nc2ccc(CN3CCOC3=O)cc2C1=Cc1cc(CN2C[C@H]3CCC[C@H]3C2)c[nH]1. The van der Waals surface area contributed by atoms with Gasteiger partial charge in [0.25, 0.3) is 5.91 Å². The molecule has 0 spiro atoms. The van der Waals surface area contributed by atoms with E-state index in [9.17, 15) is 9.59 Å². The second-order valence-electron chi connectivity index (χ2n) is 9.54. The minimum atomic E-state index is -0.281. The van der Waals surface area contributed by atoms with Crippen LogP contribution in [-0.2, 0) is 22.6 Å². The summed E-state index contributed by atoms with van der Waals surface area (Å²) in [6.07, 6.45) is 7.89. The molecule has 4 aliphatic rings. The number of hydrogen-bond acceptors (Lipinski definition) is 4. The lowest BCUT2D eigenvalue weighted by atomic mass is 10.0. The molecule has 0 radical (unpaired) electrons. The molecule has 4 heterocycles. The molecule has 3 fully saturated rings. The maximum Gasteiger partial charge on any atom is 0.410 e. The Bertz CT molecular complexity index is 1090. The van der Waals surface area contributed by atoms with Gasteiger partial charge >= 0.3 is 6.09 Å². The van der Waals surface area contributed by atoms with Crippen LogP contribution in [0.25, 0.3) is 11.6 Å². The van der Waals surface area contributed by atoms with Crippen molar-refractivity contribution in [1.29, 1.82) is 0 Å². The molecule has 3 aliphatic heterocycles. The number of rotatable bonds is 5. The highest BCUT2D eigenvalue weighted by Crippen LogP contribution is 2.38. The summed E-state index contributed by atoms with van der Waals surface area (Å²) < 4.78 is 5.02. The zero-order valence-electron chi connectivity index (χ0n) is 18.1. The summed E-state index contributed by atoms with van der Waals surface area (Å²) in [6, 6.07) is 8.01. The first-order valence-electron chi connectivity index (χ1n) is 11.6. The van der Waals surface area contributed by atoms with Crippen LogP contribution < -0.4 is 5.32 Å². The van der Waals surface area contributed by atoms with Crippen LogP contribution in [0.4, 0.5) is 10.5 Å². The lowest BCUT2D eigenvalue weighted by Crippen LogP contribution is -2.23. The van der Waals surface area contributed by atoms with Gasteiger partial charge < -0.3 is 19.9 Å². The van der Waals surface area contributed by atoms with Gasteiger partial charge in [-0.2, -0.15) is 0 Å². The van der Waals surface area contributed by atoms with E-state index in [1.165, 1.54) is 37.9 Å². The van der Waals surface area contributed by atoms with Gasteiger partial charge in [0.1, 0.15) is 6.61 Å². The zero-order valence-corrected chi connectivity index (χ0v) is 18.1. The van der Waals surface area contributed by atoms with Crippen LogP contribution in [0.15, 0.2) is 30.5 Å². The predicted octanol–water partition coefficient (Wildman–Crippen LogP) is 3.69. The topological polar surface area (TPSA) is 77.7 Å². The number of H-pyrrole nitrogens is 1. The number of anilines is 1. The van der Waals surface area contributed by atoms with Gasteiger partial charge in [0.2, 0.25) is 0 Å². The molecular formula is C25H28N4O3. The van der Waals surface area contributed by atoms with Gasteiger partial charge in [-0.15, -0.1) is 0 Å². The number of ether oxygens (including phenoxy) is 1. The van der Waals surface area contributed by atoms with Crippen molar-refractivity contribution in [2.75, 3.05) is 31.6 Å². The summed E-state index contributed by atoms with van der Waals surface area (Å²) in [4.78, 5) is 32.0. The Morgan fingerprint density at radius 3 is 2.69 bits per heavy atom. The summed E-state index contributed by atoms with van der Waals surface area (Å²) >= 11 is 0. The Kier molecular flexibility index (Phi) is 4.79. The Morgan fingerprint density at radius 2 is 1.91 bits per heavy atom. The molecule has 2 amide bonds. The molecule has 1 saturated carbocycles. The number of likely N-dealkylation sites (tertiary alicyclic amines) is 1. The monoisotopic (exact) mass is 432 g/mol. The number of benzene rings is 1. The molecule has 2 atom stereocenters. The van der Waals surface area contributed by atoms with Crippen molar-refractivity contribution >= 4 is 29.3 Å². The van der Waals surface area contributed by atoms with E-state index >= 15 is 0 Å². The molecule has 1 aliphatic carbocycles. The number of carbonyl (C=O) groups is 2. The Balaban J connectivity index is 1.19. The highest BCUT2D eigenvalue weighted by molar-refractivity contribution is 6.34.